The van der Waals surface area contributed by atoms with Crippen LogP contribution in [0.25, 0.3) is 0 Å². The van der Waals surface area contributed by atoms with Crippen molar-refractivity contribution < 1.29 is 9.18 Å². The molecule has 0 unspecified atom stereocenters. The number of aromatic nitrogens is 2. The second-order valence-electron chi connectivity index (χ2n) is 3.54. The standard InChI is InChI=1S/C12H12FN3O/c13-11-4-2-1-3-10(11)5-6-15-12(17)16-8-7-14-9-16/h1-4,7-9H,5-6H2,(H,15,17). The monoisotopic (exact) mass is 233 g/mol. The summed E-state index contributed by atoms with van der Waals surface area (Å²) in [4.78, 5) is 15.3. The van der Waals surface area contributed by atoms with Crippen LogP contribution in [0, 0.1) is 5.82 Å². The van der Waals surface area contributed by atoms with Gasteiger partial charge >= 0.3 is 6.03 Å². The zero-order valence-corrected chi connectivity index (χ0v) is 9.14. The summed E-state index contributed by atoms with van der Waals surface area (Å²) in [5.74, 6) is -0.246. The Bertz CT molecular complexity index is 496. The first kappa shape index (κ1) is 11.3. The van der Waals surface area contributed by atoms with E-state index >= 15 is 0 Å². The summed E-state index contributed by atoms with van der Waals surface area (Å²) in [7, 11) is 0. The molecule has 17 heavy (non-hydrogen) atoms. The van der Waals surface area contributed by atoms with Gasteiger partial charge in [0.05, 0.1) is 0 Å². The van der Waals surface area contributed by atoms with E-state index in [-0.39, 0.29) is 11.8 Å². The first-order chi connectivity index (χ1) is 8.27. The largest absolute Gasteiger partial charge is 0.337 e. The number of carbonyl (C=O) groups is 1. The molecule has 0 saturated heterocycles. The highest BCUT2D eigenvalue weighted by molar-refractivity contribution is 5.76. The zero-order chi connectivity index (χ0) is 12.1. The van der Waals surface area contributed by atoms with Crippen LogP contribution < -0.4 is 5.32 Å². The summed E-state index contributed by atoms with van der Waals surface area (Å²) < 4.78 is 14.6. The minimum atomic E-state index is -0.265. The van der Waals surface area contributed by atoms with Crippen LogP contribution in [0.3, 0.4) is 0 Å². The topological polar surface area (TPSA) is 46.9 Å². The summed E-state index contributed by atoms with van der Waals surface area (Å²) in [5.41, 5.74) is 0.596. The van der Waals surface area contributed by atoms with E-state index in [1.54, 1.807) is 24.4 Å². The molecule has 0 atom stereocenters. The summed E-state index contributed by atoms with van der Waals surface area (Å²) in [6, 6.07) is 6.27. The van der Waals surface area contributed by atoms with E-state index in [0.717, 1.165) is 0 Å². The summed E-state index contributed by atoms with van der Waals surface area (Å²) >= 11 is 0. The molecule has 1 aromatic carbocycles. The van der Waals surface area contributed by atoms with Crippen molar-refractivity contribution in [1.29, 1.82) is 0 Å². The van der Waals surface area contributed by atoms with E-state index in [9.17, 15) is 9.18 Å². The average molecular weight is 233 g/mol. The smallest absolute Gasteiger partial charge is 0.326 e. The SMILES string of the molecule is O=C(NCCc1ccccc1F)n1ccnc1. The molecule has 88 valence electrons. The predicted molar refractivity (Wildman–Crippen MR) is 61.1 cm³/mol. The van der Waals surface area contributed by atoms with Crippen LogP contribution in [0.15, 0.2) is 43.0 Å². The maximum atomic E-state index is 13.3. The van der Waals surface area contributed by atoms with Crippen molar-refractivity contribution in [2.75, 3.05) is 6.54 Å². The van der Waals surface area contributed by atoms with Gasteiger partial charge in [0.15, 0.2) is 0 Å². The van der Waals surface area contributed by atoms with E-state index in [2.05, 4.69) is 10.3 Å². The van der Waals surface area contributed by atoms with Gasteiger partial charge in [-0.05, 0) is 18.1 Å². The second kappa shape index (κ2) is 5.25. The molecule has 1 N–H and O–H groups in total. The molecular formula is C12H12FN3O. The molecule has 2 aromatic rings. The highest BCUT2D eigenvalue weighted by Crippen LogP contribution is 2.06. The van der Waals surface area contributed by atoms with Crippen molar-refractivity contribution in [3.05, 3.63) is 54.4 Å². The molecule has 1 aromatic heterocycles. The van der Waals surface area contributed by atoms with E-state index in [1.807, 2.05) is 0 Å². The number of amides is 1. The van der Waals surface area contributed by atoms with Crippen LogP contribution in [0.1, 0.15) is 5.56 Å². The molecule has 0 aliphatic rings. The molecule has 0 spiro atoms. The molecule has 0 radical (unpaired) electrons. The van der Waals surface area contributed by atoms with Gasteiger partial charge in [0.2, 0.25) is 0 Å². The number of halogens is 1. The van der Waals surface area contributed by atoms with Crippen LogP contribution in [0.4, 0.5) is 9.18 Å². The minimum Gasteiger partial charge on any atom is -0.337 e. The van der Waals surface area contributed by atoms with Crippen molar-refractivity contribution in [2.45, 2.75) is 6.42 Å². The number of carbonyl (C=O) groups excluding carboxylic acids is 1. The molecule has 1 amide bonds. The van der Waals surface area contributed by atoms with Gasteiger partial charge in [-0.2, -0.15) is 0 Å². The molecule has 0 aliphatic heterocycles. The zero-order valence-electron chi connectivity index (χ0n) is 9.14. The maximum Gasteiger partial charge on any atom is 0.326 e. The van der Waals surface area contributed by atoms with Crippen LogP contribution in [-0.4, -0.2) is 22.1 Å². The Morgan fingerprint density at radius 2 is 2.24 bits per heavy atom. The number of hydrogen-bond donors (Lipinski definition) is 1. The molecule has 0 fully saturated rings. The molecule has 5 heteroatoms. The van der Waals surface area contributed by atoms with Crippen molar-refractivity contribution in [1.82, 2.24) is 14.9 Å². The molecule has 2 rings (SSSR count). The number of nitrogens with one attached hydrogen (secondary N) is 1. The first-order valence-electron chi connectivity index (χ1n) is 5.27. The van der Waals surface area contributed by atoms with E-state index in [4.69, 9.17) is 0 Å². The van der Waals surface area contributed by atoms with Gasteiger partial charge in [-0.1, -0.05) is 18.2 Å². The third-order valence-electron chi connectivity index (χ3n) is 2.37. The lowest BCUT2D eigenvalue weighted by Gasteiger charge is -2.05. The Hall–Kier alpha value is -2.17. The highest BCUT2D eigenvalue weighted by atomic mass is 19.1. The van der Waals surface area contributed by atoms with Gasteiger partial charge in [0, 0.05) is 18.9 Å². The van der Waals surface area contributed by atoms with Gasteiger partial charge in [-0.15, -0.1) is 0 Å². The fraction of sp³-hybridized carbons (Fsp3) is 0.167. The van der Waals surface area contributed by atoms with Crippen molar-refractivity contribution in [3.8, 4) is 0 Å². The Morgan fingerprint density at radius 1 is 1.41 bits per heavy atom. The first-order valence-corrected chi connectivity index (χ1v) is 5.27. The maximum absolute atomic E-state index is 13.3. The molecule has 0 saturated carbocycles. The van der Waals surface area contributed by atoms with Gasteiger partial charge in [0.1, 0.15) is 12.1 Å². The van der Waals surface area contributed by atoms with E-state index in [1.165, 1.54) is 23.2 Å². The quantitative estimate of drug-likeness (QED) is 0.879. The lowest BCUT2D eigenvalue weighted by Crippen LogP contribution is -2.29. The highest BCUT2D eigenvalue weighted by Gasteiger charge is 2.04. The lowest BCUT2D eigenvalue weighted by atomic mass is 10.1. The molecular weight excluding hydrogens is 221 g/mol. The number of benzene rings is 1. The van der Waals surface area contributed by atoms with Crippen LogP contribution in [0.2, 0.25) is 0 Å². The van der Waals surface area contributed by atoms with Crippen molar-refractivity contribution in [2.24, 2.45) is 0 Å². The fourth-order valence-electron chi connectivity index (χ4n) is 1.48. The summed E-state index contributed by atoms with van der Waals surface area (Å²) in [6.45, 7) is 0.387. The lowest BCUT2D eigenvalue weighted by molar-refractivity contribution is 0.242. The minimum absolute atomic E-state index is 0.246. The number of nitrogens with zero attached hydrogens (tertiary/aromatic N) is 2. The van der Waals surface area contributed by atoms with Gasteiger partial charge < -0.3 is 5.32 Å². The second-order valence-corrected chi connectivity index (χ2v) is 3.54. The molecule has 0 aliphatic carbocycles. The third-order valence-corrected chi connectivity index (χ3v) is 2.37. The molecule has 4 nitrogen and oxygen atoms in total. The van der Waals surface area contributed by atoms with E-state index in [0.29, 0.717) is 18.5 Å². The van der Waals surface area contributed by atoms with Crippen molar-refractivity contribution >= 4 is 6.03 Å². The molecule has 0 bridgehead atoms. The van der Waals surface area contributed by atoms with E-state index < -0.39 is 0 Å². The van der Waals surface area contributed by atoms with Crippen LogP contribution in [-0.2, 0) is 6.42 Å². The Morgan fingerprint density at radius 3 is 2.94 bits per heavy atom. The van der Waals surface area contributed by atoms with Crippen LogP contribution >= 0.6 is 0 Å². The number of hydrogen-bond acceptors (Lipinski definition) is 2. The van der Waals surface area contributed by atoms with Gasteiger partial charge in [-0.3, -0.25) is 4.57 Å². The van der Waals surface area contributed by atoms with Crippen molar-refractivity contribution in [3.63, 3.8) is 0 Å². The average Bonchev–Trinajstić information content (AvgIpc) is 2.85. The molecule has 1 heterocycles. The Kier molecular flexibility index (Phi) is 3.49. The van der Waals surface area contributed by atoms with Crippen LogP contribution in [0.5, 0.6) is 0 Å². The summed E-state index contributed by atoms with van der Waals surface area (Å²) in [5, 5.41) is 2.68. The third kappa shape index (κ3) is 2.90. The summed E-state index contributed by atoms with van der Waals surface area (Å²) in [6.07, 6.45) is 4.96. The Labute approximate surface area is 98.1 Å². The number of rotatable bonds is 3. The normalized spacial score (nSPS) is 10.2. The number of imidazole rings is 1. The fourth-order valence-corrected chi connectivity index (χ4v) is 1.48. The van der Waals surface area contributed by atoms with Gasteiger partial charge in [0.25, 0.3) is 0 Å². The van der Waals surface area contributed by atoms with Gasteiger partial charge in [-0.25, -0.2) is 14.2 Å². The predicted octanol–water partition coefficient (Wildman–Crippen LogP) is 1.82. The Balaban J connectivity index is 1.84.